The summed E-state index contributed by atoms with van der Waals surface area (Å²) in [6, 6.07) is 5.87. The van der Waals surface area contributed by atoms with Crippen LogP contribution in [-0.2, 0) is 9.59 Å². The molecule has 0 radical (unpaired) electrons. The van der Waals surface area contributed by atoms with Crippen molar-refractivity contribution < 1.29 is 27.9 Å². The van der Waals surface area contributed by atoms with Gasteiger partial charge in [0.25, 0.3) is 5.91 Å². The van der Waals surface area contributed by atoms with Crippen LogP contribution in [0.4, 0.5) is 8.78 Å². The lowest BCUT2D eigenvalue weighted by Gasteiger charge is -2.35. The summed E-state index contributed by atoms with van der Waals surface area (Å²) in [4.78, 5) is 40.2. The smallest absolute Gasteiger partial charge is 0.387 e. The normalized spacial score (nSPS) is 17.5. The van der Waals surface area contributed by atoms with Crippen LogP contribution in [0.3, 0.4) is 0 Å². The quantitative estimate of drug-likeness (QED) is 0.778. The first-order chi connectivity index (χ1) is 14.0. The number of nitrogens with zero attached hydrogens (tertiary/aromatic N) is 2. The second-order valence-electron chi connectivity index (χ2n) is 7.25. The second-order valence-corrected chi connectivity index (χ2v) is 7.25. The molecule has 0 spiro atoms. The SMILES string of the molecule is O=C(NCC(=O)N1CCN(C(=O)c2ccccc2OC(F)F)CC1)C1CCCC1. The van der Waals surface area contributed by atoms with Crippen LogP contribution in [0.15, 0.2) is 24.3 Å². The van der Waals surface area contributed by atoms with E-state index in [9.17, 15) is 23.2 Å². The van der Waals surface area contributed by atoms with Gasteiger partial charge in [-0.05, 0) is 25.0 Å². The third kappa shape index (κ3) is 5.42. The number of halogens is 2. The van der Waals surface area contributed by atoms with E-state index < -0.39 is 12.5 Å². The average molecular weight is 409 g/mol. The number of nitrogens with one attached hydrogen (secondary N) is 1. The Kier molecular flexibility index (Phi) is 7.00. The van der Waals surface area contributed by atoms with Crippen molar-refractivity contribution in [2.75, 3.05) is 32.7 Å². The second kappa shape index (κ2) is 9.67. The van der Waals surface area contributed by atoms with Crippen LogP contribution < -0.4 is 10.1 Å². The maximum Gasteiger partial charge on any atom is 0.387 e. The molecule has 0 unspecified atom stereocenters. The molecule has 1 heterocycles. The molecule has 2 aliphatic rings. The van der Waals surface area contributed by atoms with Crippen molar-refractivity contribution in [3.63, 3.8) is 0 Å². The molecule has 1 N–H and O–H groups in total. The molecule has 3 amide bonds. The van der Waals surface area contributed by atoms with Crippen LogP contribution in [0.25, 0.3) is 0 Å². The number of piperazine rings is 1. The van der Waals surface area contributed by atoms with Gasteiger partial charge in [-0.25, -0.2) is 0 Å². The van der Waals surface area contributed by atoms with E-state index in [1.54, 1.807) is 11.0 Å². The summed E-state index contributed by atoms with van der Waals surface area (Å²) >= 11 is 0. The van der Waals surface area contributed by atoms with E-state index in [1.807, 2.05) is 0 Å². The molecule has 1 saturated carbocycles. The van der Waals surface area contributed by atoms with Gasteiger partial charge in [-0.3, -0.25) is 14.4 Å². The van der Waals surface area contributed by atoms with Gasteiger partial charge in [0.15, 0.2) is 0 Å². The summed E-state index contributed by atoms with van der Waals surface area (Å²) in [5, 5.41) is 2.71. The molecule has 0 bridgehead atoms. The summed E-state index contributed by atoms with van der Waals surface area (Å²) in [7, 11) is 0. The Morgan fingerprint density at radius 3 is 2.31 bits per heavy atom. The molecule has 1 aromatic carbocycles. The van der Waals surface area contributed by atoms with Crippen LogP contribution in [0, 0.1) is 5.92 Å². The monoisotopic (exact) mass is 409 g/mol. The van der Waals surface area contributed by atoms with E-state index >= 15 is 0 Å². The Bertz CT molecular complexity index is 745. The number of alkyl halides is 2. The summed E-state index contributed by atoms with van der Waals surface area (Å²) in [6.45, 7) is -1.86. The summed E-state index contributed by atoms with van der Waals surface area (Å²) in [5.41, 5.74) is 0.0661. The Balaban J connectivity index is 1.49. The fourth-order valence-corrected chi connectivity index (χ4v) is 3.78. The lowest BCUT2D eigenvalue weighted by Crippen LogP contribution is -2.52. The number of amides is 3. The molecular weight excluding hydrogens is 384 g/mol. The molecule has 29 heavy (non-hydrogen) atoms. The van der Waals surface area contributed by atoms with E-state index in [-0.39, 0.29) is 48.7 Å². The summed E-state index contributed by atoms with van der Waals surface area (Å²) in [5.74, 6) is -0.832. The third-order valence-electron chi connectivity index (χ3n) is 5.39. The molecule has 9 heteroatoms. The van der Waals surface area contributed by atoms with Crippen molar-refractivity contribution in [2.45, 2.75) is 32.3 Å². The number of hydrogen-bond donors (Lipinski definition) is 1. The Labute approximate surface area is 168 Å². The minimum atomic E-state index is -3.02. The molecule has 158 valence electrons. The van der Waals surface area contributed by atoms with Crippen LogP contribution in [0.5, 0.6) is 5.75 Å². The zero-order chi connectivity index (χ0) is 20.8. The molecule has 0 atom stereocenters. The van der Waals surface area contributed by atoms with Crippen LogP contribution in [-0.4, -0.2) is 66.9 Å². The number of benzene rings is 1. The lowest BCUT2D eigenvalue weighted by atomic mass is 10.1. The molecule has 3 rings (SSSR count). The first-order valence-electron chi connectivity index (χ1n) is 9.84. The number of ether oxygens (including phenoxy) is 1. The molecule has 0 aromatic heterocycles. The van der Waals surface area contributed by atoms with E-state index in [0.29, 0.717) is 13.1 Å². The van der Waals surface area contributed by atoms with Crippen molar-refractivity contribution in [2.24, 2.45) is 5.92 Å². The van der Waals surface area contributed by atoms with Gasteiger partial charge in [-0.2, -0.15) is 8.78 Å². The Morgan fingerprint density at radius 2 is 1.66 bits per heavy atom. The first-order valence-corrected chi connectivity index (χ1v) is 9.84. The summed E-state index contributed by atoms with van der Waals surface area (Å²) in [6.07, 6.45) is 3.84. The highest BCUT2D eigenvalue weighted by Crippen LogP contribution is 2.25. The molecule has 1 aliphatic carbocycles. The highest BCUT2D eigenvalue weighted by Gasteiger charge is 2.28. The van der Waals surface area contributed by atoms with Gasteiger partial charge in [0, 0.05) is 32.1 Å². The van der Waals surface area contributed by atoms with Crippen molar-refractivity contribution in [3.8, 4) is 5.75 Å². The maximum atomic E-state index is 12.7. The Hall–Kier alpha value is -2.71. The largest absolute Gasteiger partial charge is 0.434 e. The topological polar surface area (TPSA) is 79.0 Å². The van der Waals surface area contributed by atoms with Crippen molar-refractivity contribution in [3.05, 3.63) is 29.8 Å². The molecule has 2 fully saturated rings. The molecule has 1 aliphatic heterocycles. The van der Waals surface area contributed by atoms with E-state index in [2.05, 4.69) is 10.1 Å². The number of hydrogen-bond acceptors (Lipinski definition) is 4. The van der Waals surface area contributed by atoms with Gasteiger partial charge >= 0.3 is 6.61 Å². The van der Waals surface area contributed by atoms with Gasteiger partial charge in [-0.15, -0.1) is 0 Å². The first kappa shape index (κ1) is 21.0. The fourth-order valence-electron chi connectivity index (χ4n) is 3.78. The highest BCUT2D eigenvalue weighted by atomic mass is 19.3. The number of carbonyl (C=O) groups is 3. The van der Waals surface area contributed by atoms with Crippen LogP contribution in [0.1, 0.15) is 36.0 Å². The van der Waals surface area contributed by atoms with Crippen molar-refractivity contribution in [1.29, 1.82) is 0 Å². The fraction of sp³-hybridized carbons (Fsp3) is 0.550. The maximum absolute atomic E-state index is 12.7. The van der Waals surface area contributed by atoms with Crippen LogP contribution >= 0.6 is 0 Å². The number of para-hydroxylation sites is 1. The van der Waals surface area contributed by atoms with Gasteiger partial charge in [-0.1, -0.05) is 25.0 Å². The zero-order valence-electron chi connectivity index (χ0n) is 16.1. The summed E-state index contributed by atoms with van der Waals surface area (Å²) < 4.78 is 29.5. The van der Waals surface area contributed by atoms with E-state index in [1.165, 1.54) is 23.1 Å². The molecule has 1 saturated heterocycles. The van der Waals surface area contributed by atoms with Gasteiger partial charge in [0.2, 0.25) is 11.8 Å². The number of rotatable bonds is 6. The molecular formula is C20H25F2N3O4. The van der Waals surface area contributed by atoms with Crippen LogP contribution in [0.2, 0.25) is 0 Å². The average Bonchev–Trinajstić information content (AvgIpc) is 3.26. The predicted octanol–water partition coefficient (Wildman–Crippen LogP) is 1.88. The van der Waals surface area contributed by atoms with Gasteiger partial charge in [0.05, 0.1) is 12.1 Å². The minimum absolute atomic E-state index is 0.00722. The third-order valence-corrected chi connectivity index (χ3v) is 5.39. The molecule has 1 aromatic rings. The minimum Gasteiger partial charge on any atom is -0.434 e. The van der Waals surface area contributed by atoms with E-state index in [4.69, 9.17) is 0 Å². The zero-order valence-corrected chi connectivity index (χ0v) is 16.1. The van der Waals surface area contributed by atoms with Gasteiger partial charge in [0.1, 0.15) is 5.75 Å². The lowest BCUT2D eigenvalue weighted by molar-refractivity contribution is -0.134. The standard InChI is InChI=1S/C20H25F2N3O4/c21-20(22)29-16-8-4-3-7-15(16)19(28)25-11-9-24(10-12-25)17(26)13-23-18(27)14-5-1-2-6-14/h3-4,7-8,14,20H,1-2,5-6,9-13H2,(H,23,27). The van der Waals surface area contributed by atoms with Crippen molar-refractivity contribution >= 4 is 17.7 Å². The van der Waals surface area contributed by atoms with E-state index in [0.717, 1.165) is 25.7 Å². The highest BCUT2D eigenvalue weighted by molar-refractivity contribution is 5.97. The molecule has 7 nitrogen and oxygen atoms in total. The predicted molar refractivity (Wildman–Crippen MR) is 101 cm³/mol. The Morgan fingerprint density at radius 1 is 1.03 bits per heavy atom. The van der Waals surface area contributed by atoms with Crippen molar-refractivity contribution in [1.82, 2.24) is 15.1 Å². The van der Waals surface area contributed by atoms with Gasteiger partial charge < -0.3 is 19.9 Å². The number of carbonyl (C=O) groups excluding carboxylic acids is 3.